The number of piperidine rings is 1. The van der Waals surface area contributed by atoms with E-state index in [-0.39, 0.29) is 19.0 Å². The molecule has 12 heteroatoms. The monoisotopic (exact) mass is 441 g/mol. The Morgan fingerprint density at radius 2 is 1.93 bits per heavy atom. The Morgan fingerprint density at radius 1 is 1.29 bits per heavy atom. The third-order valence-corrected chi connectivity index (χ3v) is 7.18. The summed E-state index contributed by atoms with van der Waals surface area (Å²) in [5.74, 6) is 0.703. The van der Waals surface area contributed by atoms with Gasteiger partial charge in [-0.2, -0.15) is 17.5 Å². The Bertz CT molecular complexity index is 785. The van der Waals surface area contributed by atoms with Gasteiger partial charge in [-0.3, -0.25) is 0 Å². The molecule has 160 valence electrons. The number of hydrogen-bond donors (Lipinski definition) is 2. The zero-order valence-electron chi connectivity index (χ0n) is 16.1. The van der Waals surface area contributed by atoms with Crippen LogP contribution in [0.1, 0.15) is 35.3 Å². The van der Waals surface area contributed by atoms with Crippen LogP contribution in [-0.2, 0) is 16.6 Å². The Balaban J connectivity index is 1.88. The van der Waals surface area contributed by atoms with Crippen molar-refractivity contribution in [3.8, 4) is 0 Å². The zero-order valence-corrected chi connectivity index (χ0v) is 17.8. The minimum Gasteiger partial charge on any atom is -0.357 e. The van der Waals surface area contributed by atoms with E-state index in [1.165, 1.54) is 0 Å². The largest absolute Gasteiger partial charge is 0.511 e. The van der Waals surface area contributed by atoms with Crippen molar-refractivity contribution in [1.29, 1.82) is 0 Å². The molecule has 2 rings (SSSR count). The first-order chi connectivity index (χ1) is 13.0. The lowest BCUT2D eigenvalue weighted by Crippen LogP contribution is -2.47. The molecule has 0 spiro atoms. The van der Waals surface area contributed by atoms with E-state index in [0.717, 1.165) is 15.6 Å². The molecule has 1 aliphatic heterocycles. The normalized spacial score (nSPS) is 17.7. The van der Waals surface area contributed by atoms with Crippen LogP contribution in [0.25, 0.3) is 0 Å². The Labute approximate surface area is 167 Å². The van der Waals surface area contributed by atoms with Crippen LogP contribution in [0.3, 0.4) is 0 Å². The number of halogens is 3. The van der Waals surface area contributed by atoms with Crippen LogP contribution >= 0.6 is 11.3 Å². The van der Waals surface area contributed by atoms with Crippen LogP contribution in [0.4, 0.5) is 13.2 Å². The summed E-state index contributed by atoms with van der Waals surface area (Å²) in [6.07, 6.45) is 0.740. The van der Waals surface area contributed by atoms with E-state index in [2.05, 4.69) is 20.6 Å². The molecule has 0 radical (unpaired) electrons. The highest BCUT2D eigenvalue weighted by Crippen LogP contribution is 2.30. The molecule has 28 heavy (non-hydrogen) atoms. The number of nitrogens with zero attached hydrogens (tertiary/aromatic N) is 3. The maximum Gasteiger partial charge on any atom is 0.511 e. The molecule has 1 fully saturated rings. The average Bonchev–Trinajstić information content (AvgIpc) is 2.94. The van der Waals surface area contributed by atoms with Crippen molar-refractivity contribution < 1.29 is 21.6 Å². The maximum atomic E-state index is 12.6. The van der Waals surface area contributed by atoms with Gasteiger partial charge in [0.1, 0.15) is 0 Å². The Kier molecular flexibility index (Phi) is 7.68. The summed E-state index contributed by atoms with van der Waals surface area (Å²) >= 11 is 1.60. The predicted molar refractivity (Wildman–Crippen MR) is 104 cm³/mol. The number of aliphatic imine (C=N–C) groups is 1. The van der Waals surface area contributed by atoms with Gasteiger partial charge in [-0.15, -0.1) is 11.3 Å². The van der Waals surface area contributed by atoms with Crippen molar-refractivity contribution in [2.75, 3.05) is 26.2 Å². The fourth-order valence-corrected chi connectivity index (χ4v) is 4.80. The van der Waals surface area contributed by atoms with Crippen molar-refractivity contribution in [1.82, 2.24) is 19.9 Å². The third-order valence-electron chi connectivity index (χ3n) is 4.49. The molecule has 7 nitrogen and oxygen atoms in total. The smallest absolute Gasteiger partial charge is 0.357 e. The van der Waals surface area contributed by atoms with Gasteiger partial charge in [-0.25, -0.2) is 18.4 Å². The van der Waals surface area contributed by atoms with E-state index >= 15 is 0 Å². The summed E-state index contributed by atoms with van der Waals surface area (Å²) in [6, 6.07) is 0. The standard InChI is InChI=1S/C16H26F3N5O2S2/c1-4-20-15(22-10-14-11(2)23-12(3)27-14)21-9-13-5-7-24(8-6-13)28(25,26)16(17,18)19/h13H,4-10H2,1-3H3,(H2,20,21,22). The summed E-state index contributed by atoms with van der Waals surface area (Å²) in [7, 11) is -5.23. The highest BCUT2D eigenvalue weighted by molar-refractivity contribution is 7.90. The summed E-state index contributed by atoms with van der Waals surface area (Å²) in [5.41, 5.74) is -4.28. The molecular weight excluding hydrogens is 415 g/mol. The van der Waals surface area contributed by atoms with Gasteiger partial charge >= 0.3 is 15.5 Å². The van der Waals surface area contributed by atoms with Gasteiger partial charge in [0, 0.05) is 31.1 Å². The van der Waals surface area contributed by atoms with E-state index in [1.807, 2.05) is 20.8 Å². The molecule has 0 aromatic carbocycles. The van der Waals surface area contributed by atoms with Gasteiger partial charge in [0.15, 0.2) is 5.96 Å². The van der Waals surface area contributed by atoms with E-state index in [0.29, 0.717) is 42.7 Å². The topological polar surface area (TPSA) is 86.7 Å². The number of nitrogens with one attached hydrogen (secondary N) is 2. The minimum absolute atomic E-state index is 0.0796. The summed E-state index contributed by atoms with van der Waals surface area (Å²) < 4.78 is 61.4. The molecule has 2 N–H and O–H groups in total. The SMILES string of the molecule is CCNC(=NCc1sc(C)nc1C)NCC1CCN(S(=O)(=O)C(F)(F)F)CC1. The highest BCUT2D eigenvalue weighted by atomic mass is 32.2. The highest BCUT2D eigenvalue weighted by Gasteiger charge is 2.50. The summed E-state index contributed by atoms with van der Waals surface area (Å²) in [5, 5.41) is 7.33. The molecule has 1 aromatic heterocycles. The van der Waals surface area contributed by atoms with Gasteiger partial charge in [0.05, 0.1) is 17.2 Å². The first-order valence-corrected chi connectivity index (χ1v) is 11.3. The molecule has 0 unspecified atom stereocenters. The molecule has 1 aliphatic rings. The van der Waals surface area contributed by atoms with Gasteiger partial charge < -0.3 is 10.6 Å². The average molecular weight is 442 g/mol. The van der Waals surface area contributed by atoms with Gasteiger partial charge in [-0.1, -0.05) is 0 Å². The summed E-state index contributed by atoms with van der Waals surface area (Å²) in [4.78, 5) is 10.00. The predicted octanol–water partition coefficient (Wildman–Crippen LogP) is 2.38. The second-order valence-corrected chi connectivity index (χ2v) is 9.83. The first kappa shape index (κ1) is 22.9. The molecule has 0 amide bonds. The lowest BCUT2D eigenvalue weighted by Gasteiger charge is -2.31. The van der Waals surface area contributed by atoms with Gasteiger partial charge in [-0.05, 0) is 39.5 Å². The van der Waals surface area contributed by atoms with E-state index < -0.39 is 15.5 Å². The lowest BCUT2D eigenvalue weighted by atomic mass is 9.98. The number of sulfonamides is 1. The quantitative estimate of drug-likeness (QED) is 0.523. The Hall–Kier alpha value is -1.40. The second kappa shape index (κ2) is 9.40. The number of guanidine groups is 1. The molecular formula is C16H26F3N5O2S2. The maximum absolute atomic E-state index is 12.6. The van der Waals surface area contributed by atoms with Crippen LogP contribution in [0.2, 0.25) is 0 Å². The number of aryl methyl sites for hydroxylation is 2. The number of aromatic nitrogens is 1. The van der Waals surface area contributed by atoms with Crippen molar-refractivity contribution in [2.45, 2.75) is 45.7 Å². The molecule has 1 aromatic rings. The Morgan fingerprint density at radius 3 is 2.43 bits per heavy atom. The zero-order chi connectivity index (χ0) is 20.9. The minimum atomic E-state index is -5.24. The van der Waals surface area contributed by atoms with Crippen LogP contribution in [-0.4, -0.2) is 55.4 Å². The van der Waals surface area contributed by atoms with Crippen LogP contribution in [0, 0.1) is 19.8 Å². The van der Waals surface area contributed by atoms with Gasteiger partial charge in [0.25, 0.3) is 0 Å². The van der Waals surface area contributed by atoms with E-state index in [9.17, 15) is 21.6 Å². The first-order valence-electron chi connectivity index (χ1n) is 9.06. The van der Waals surface area contributed by atoms with Crippen LogP contribution in [0.15, 0.2) is 4.99 Å². The van der Waals surface area contributed by atoms with E-state index in [1.54, 1.807) is 11.3 Å². The lowest BCUT2D eigenvalue weighted by molar-refractivity contribution is -0.0496. The van der Waals surface area contributed by atoms with Crippen molar-refractivity contribution >= 4 is 27.3 Å². The van der Waals surface area contributed by atoms with Crippen molar-refractivity contribution in [2.24, 2.45) is 10.9 Å². The molecule has 0 aliphatic carbocycles. The fourth-order valence-electron chi connectivity index (χ4n) is 2.95. The second-order valence-electron chi connectivity index (χ2n) is 6.61. The summed E-state index contributed by atoms with van der Waals surface area (Å²) in [6.45, 7) is 7.27. The number of alkyl halides is 3. The number of thiazole rings is 1. The van der Waals surface area contributed by atoms with Gasteiger partial charge in [0.2, 0.25) is 0 Å². The van der Waals surface area contributed by atoms with Crippen LogP contribution < -0.4 is 10.6 Å². The van der Waals surface area contributed by atoms with E-state index in [4.69, 9.17) is 0 Å². The fraction of sp³-hybridized carbons (Fsp3) is 0.750. The number of rotatable bonds is 6. The number of hydrogen-bond acceptors (Lipinski definition) is 5. The molecule has 0 saturated carbocycles. The molecule has 2 heterocycles. The van der Waals surface area contributed by atoms with Crippen molar-refractivity contribution in [3.63, 3.8) is 0 Å². The molecule has 0 bridgehead atoms. The van der Waals surface area contributed by atoms with Crippen molar-refractivity contribution in [3.05, 3.63) is 15.6 Å². The molecule has 1 saturated heterocycles. The molecule has 0 atom stereocenters. The van der Waals surface area contributed by atoms with Crippen LogP contribution in [0.5, 0.6) is 0 Å². The third kappa shape index (κ3) is 5.80.